The molecule has 0 saturated carbocycles. The molecule has 2 N–H and O–H groups in total. The van der Waals surface area contributed by atoms with Crippen LogP contribution in [0.5, 0.6) is 0 Å². The number of rotatable bonds is 6. The molecule has 0 amide bonds. The van der Waals surface area contributed by atoms with E-state index in [2.05, 4.69) is 26.4 Å². The summed E-state index contributed by atoms with van der Waals surface area (Å²) in [6.45, 7) is 0.560. The Morgan fingerprint density at radius 2 is 1.74 bits per heavy atom. The van der Waals surface area contributed by atoms with Crippen molar-refractivity contribution in [3.05, 3.63) is 78.5 Å². The number of nitrogens with one attached hydrogen (secondary N) is 2. The highest BCUT2D eigenvalue weighted by Gasteiger charge is 2.11. The van der Waals surface area contributed by atoms with Crippen molar-refractivity contribution in [3.63, 3.8) is 0 Å². The third kappa shape index (κ3) is 3.82. The van der Waals surface area contributed by atoms with Crippen LogP contribution in [-0.2, 0) is 11.3 Å². The van der Waals surface area contributed by atoms with Gasteiger partial charge in [0.1, 0.15) is 12.4 Å². The van der Waals surface area contributed by atoms with E-state index in [-0.39, 0.29) is 6.61 Å². The number of anilines is 2. The first-order valence-corrected chi connectivity index (χ1v) is 9.89. The van der Waals surface area contributed by atoms with Crippen LogP contribution in [0.25, 0.3) is 33.2 Å². The summed E-state index contributed by atoms with van der Waals surface area (Å²) in [6.07, 6.45) is 5.26. The quantitative estimate of drug-likeness (QED) is 0.305. The monoisotopic (exact) mass is 405 g/mol. The first-order valence-electron chi connectivity index (χ1n) is 9.89. The van der Waals surface area contributed by atoms with Crippen LogP contribution in [0.15, 0.2) is 72.8 Å². The van der Waals surface area contributed by atoms with Crippen molar-refractivity contribution in [2.24, 2.45) is 0 Å². The van der Waals surface area contributed by atoms with Gasteiger partial charge in [0.15, 0.2) is 5.82 Å². The maximum atomic E-state index is 5.45. The van der Waals surface area contributed by atoms with Crippen LogP contribution in [0.1, 0.15) is 5.69 Å². The minimum Gasteiger partial charge on any atom is -0.362 e. The lowest BCUT2D eigenvalue weighted by molar-refractivity contribution is 0.151. The largest absolute Gasteiger partial charge is 0.362 e. The standard InChI is InChI=1S/C25H19N5O/c1-2-14-31-16-23-19-10-6-7-11-20(19)25(30-29-23)26-18-12-13-21-22(15-18)28-24(27-21)17-8-4-3-5-9-17/h1,3-13,15H,14,16H2,(H,26,30)(H,27,28). The Morgan fingerprint density at radius 1 is 0.935 bits per heavy atom. The van der Waals surface area contributed by atoms with Crippen LogP contribution in [0.2, 0.25) is 0 Å². The predicted octanol–water partition coefficient (Wildman–Crippen LogP) is 5.07. The molecule has 0 spiro atoms. The summed E-state index contributed by atoms with van der Waals surface area (Å²) in [6, 6.07) is 24.0. The summed E-state index contributed by atoms with van der Waals surface area (Å²) in [5, 5.41) is 14.1. The maximum absolute atomic E-state index is 5.45. The number of ether oxygens (including phenoxy) is 1. The molecule has 0 aliphatic rings. The second-order valence-corrected chi connectivity index (χ2v) is 7.05. The Morgan fingerprint density at radius 3 is 2.58 bits per heavy atom. The van der Waals surface area contributed by atoms with E-state index < -0.39 is 0 Å². The minimum absolute atomic E-state index is 0.241. The average Bonchev–Trinajstić information content (AvgIpc) is 3.25. The molecule has 0 unspecified atom stereocenters. The van der Waals surface area contributed by atoms with Gasteiger partial charge >= 0.3 is 0 Å². The van der Waals surface area contributed by atoms with Crippen LogP contribution in [0.3, 0.4) is 0 Å². The number of aromatic amines is 1. The number of aromatic nitrogens is 4. The van der Waals surface area contributed by atoms with Crippen LogP contribution in [0.4, 0.5) is 11.5 Å². The Balaban J connectivity index is 1.47. The third-order valence-electron chi connectivity index (χ3n) is 4.98. The first kappa shape index (κ1) is 18.8. The van der Waals surface area contributed by atoms with Crippen LogP contribution in [-0.4, -0.2) is 26.8 Å². The molecule has 5 aromatic rings. The summed E-state index contributed by atoms with van der Waals surface area (Å²) in [4.78, 5) is 8.11. The number of fused-ring (bicyclic) bond motifs is 2. The zero-order valence-corrected chi connectivity index (χ0v) is 16.7. The zero-order valence-electron chi connectivity index (χ0n) is 16.7. The van der Waals surface area contributed by atoms with E-state index in [0.717, 1.165) is 44.6 Å². The normalized spacial score (nSPS) is 10.9. The fraction of sp³-hybridized carbons (Fsp3) is 0.0800. The van der Waals surface area contributed by atoms with Crippen LogP contribution in [0, 0.1) is 12.3 Å². The fourth-order valence-corrected chi connectivity index (χ4v) is 3.52. The Kier molecular flexibility index (Phi) is 5.01. The molecule has 0 aliphatic carbocycles. The van der Waals surface area contributed by atoms with Gasteiger partial charge in [0.05, 0.1) is 23.3 Å². The van der Waals surface area contributed by atoms with Gasteiger partial charge in [0, 0.05) is 22.0 Å². The van der Waals surface area contributed by atoms with Crippen molar-refractivity contribution in [1.29, 1.82) is 0 Å². The van der Waals surface area contributed by atoms with Gasteiger partial charge in [-0.05, 0) is 18.2 Å². The SMILES string of the molecule is C#CCOCc1nnc(Nc2ccc3[nH]c(-c4ccccc4)nc3c2)c2ccccc12. The van der Waals surface area contributed by atoms with E-state index in [0.29, 0.717) is 12.4 Å². The van der Waals surface area contributed by atoms with Gasteiger partial charge in [-0.1, -0.05) is 60.5 Å². The molecular weight excluding hydrogens is 386 g/mol. The molecule has 0 bridgehead atoms. The molecule has 0 saturated heterocycles. The Labute approximate surface area is 179 Å². The topological polar surface area (TPSA) is 75.7 Å². The molecule has 150 valence electrons. The van der Waals surface area contributed by atoms with Crippen molar-refractivity contribution in [1.82, 2.24) is 20.2 Å². The van der Waals surface area contributed by atoms with Gasteiger partial charge in [-0.2, -0.15) is 5.10 Å². The summed E-state index contributed by atoms with van der Waals surface area (Å²) in [7, 11) is 0. The molecule has 0 atom stereocenters. The summed E-state index contributed by atoms with van der Waals surface area (Å²) < 4.78 is 5.45. The number of hydrogen-bond acceptors (Lipinski definition) is 5. The van der Waals surface area contributed by atoms with Crippen molar-refractivity contribution in [2.45, 2.75) is 6.61 Å². The van der Waals surface area contributed by atoms with Crippen LogP contribution >= 0.6 is 0 Å². The zero-order chi connectivity index (χ0) is 21.0. The molecule has 5 rings (SSSR count). The minimum atomic E-state index is 0.241. The molecule has 6 heteroatoms. The second kappa shape index (κ2) is 8.27. The molecule has 6 nitrogen and oxygen atoms in total. The van der Waals surface area contributed by atoms with Crippen molar-refractivity contribution >= 4 is 33.3 Å². The molecule has 3 aromatic carbocycles. The highest BCUT2D eigenvalue weighted by Crippen LogP contribution is 2.28. The molecule has 0 fully saturated rings. The number of H-pyrrole nitrogens is 1. The number of hydrogen-bond donors (Lipinski definition) is 2. The molecule has 0 aliphatic heterocycles. The number of nitrogens with zero attached hydrogens (tertiary/aromatic N) is 3. The Hall–Kier alpha value is -4.21. The lowest BCUT2D eigenvalue weighted by atomic mass is 10.1. The lowest BCUT2D eigenvalue weighted by Gasteiger charge is -2.11. The molecule has 2 aromatic heterocycles. The highest BCUT2D eigenvalue weighted by atomic mass is 16.5. The van der Waals surface area contributed by atoms with Crippen molar-refractivity contribution in [2.75, 3.05) is 11.9 Å². The van der Waals surface area contributed by atoms with Gasteiger partial charge in [-0.3, -0.25) is 0 Å². The van der Waals surface area contributed by atoms with E-state index in [4.69, 9.17) is 16.1 Å². The second-order valence-electron chi connectivity index (χ2n) is 7.05. The van der Waals surface area contributed by atoms with Gasteiger partial charge in [0.2, 0.25) is 0 Å². The van der Waals surface area contributed by atoms with Gasteiger partial charge in [-0.25, -0.2) is 4.98 Å². The lowest BCUT2D eigenvalue weighted by Crippen LogP contribution is -2.03. The summed E-state index contributed by atoms with van der Waals surface area (Å²) in [5.74, 6) is 3.98. The number of imidazole rings is 1. The van der Waals surface area contributed by atoms with Gasteiger partial charge in [-0.15, -0.1) is 11.5 Å². The van der Waals surface area contributed by atoms with Gasteiger partial charge in [0.25, 0.3) is 0 Å². The van der Waals surface area contributed by atoms with E-state index in [9.17, 15) is 0 Å². The highest BCUT2D eigenvalue weighted by molar-refractivity contribution is 5.95. The number of benzene rings is 3. The predicted molar refractivity (Wildman–Crippen MR) is 123 cm³/mol. The smallest absolute Gasteiger partial charge is 0.160 e. The summed E-state index contributed by atoms with van der Waals surface area (Å²) >= 11 is 0. The molecule has 0 radical (unpaired) electrons. The van der Waals surface area contributed by atoms with E-state index >= 15 is 0 Å². The Bertz CT molecular complexity index is 1400. The fourth-order valence-electron chi connectivity index (χ4n) is 3.52. The van der Waals surface area contributed by atoms with E-state index in [1.165, 1.54) is 0 Å². The summed E-state index contributed by atoms with van der Waals surface area (Å²) in [5.41, 5.74) is 4.54. The molecule has 31 heavy (non-hydrogen) atoms. The molecule has 2 heterocycles. The molecular formula is C25H19N5O. The van der Waals surface area contributed by atoms with Gasteiger partial charge < -0.3 is 15.0 Å². The third-order valence-corrected chi connectivity index (χ3v) is 4.98. The van der Waals surface area contributed by atoms with E-state index in [1.54, 1.807) is 0 Å². The van der Waals surface area contributed by atoms with Crippen LogP contribution < -0.4 is 5.32 Å². The van der Waals surface area contributed by atoms with Crippen molar-refractivity contribution < 1.29 is 4.74 Å². The first-order chi connectivity index (χ1) is 15.3. The maximum Gasteiger partial charge on any atom is 0.160 e. The van der Waals surface area contributed by atoms with Crippen molar-refractivity contribution in [3.8, 4) is 23.7 Å². The average molecular weight is 405 g/mol. The van der Waals surface area contributed by atoms with E-state index in [1.807, 2.05) is 72.8 Å². The number of terminal acetylenes is 1.